The van der Waals surface area contributed by atoms with Crippen molar-refractivity contribution in [2.24, 2.45) is 4.99 Å². The summed E-state index contributed by atoms with van der Waals surface area (Å²) in [5.41, 5.74) is 0.380. The van der Waals surface area contributed by atoms with E-state index in [1.54, 1.807) is 0 Å². The number of halogens is 1. The first-order valence-corrected chi connectivity index (χ1v) is 9.23. The summed E-state index contributed by atoms with van der Waals surface area (Å²) < 4.78 is 0. The van der Waals surface area contributed by atoms with Crippen LogP contribution >= 0.6 is 35.7 Å². The molecule has 1 saturated carbocycles. The Balaban J connectivity index is 0.00000220. The number of hydrogen-bond donors (Lipinski definition) is 2. The van der Waals surface area contributed by atoms with Gasteiger partial charge in [0.25, 0.3) is 0 Å². The summed E-state index contributed by atoms with van der Waals surface area (Å²) in [6.07, 6.45) is 6.58. The fraction of sp³-hybridized carbons (Fsp3) is 0.933. The lowest BCUT2D eigenvalue weighted by molar-refractivity contribution is 0.107. The highest BCUT2D eigenvalue weighted by atomic mass is 127. The van der Waals surface area contributed by atoms with Crippen LogP contribution in [0.1, 0.15) is 39.0 Å². The third-order valence-corrected chi connectivity index (χ3v) is 5.51. The second-order valence-corrected chi connectivity index (χ2v) is 7.11. The molecule has 1 aliphatic heterocycles. The van der Waals surface area contributed by atoms with Gasteiger partial charge < -0.3 is 10.6 Å². The number of guanidine groups is 1. The largest absolute Gasteiger partial charge is 0.356 e. The molecule has 0 amide bonds. The molecule has 0 aromatic carbocycles. The summed E-state index contributed by atoms with van der Waals surface area (Å²) in [5, 5.41) is 6.95. The smallest absolute Gasteiger partial charge is 0.191 e. The fourth-order valence-electron chi connectivity index (χ4n) is 3.39. The second kappa shape index (κ2) is 10.2. The number of nitrogens with one attached hydrogen (secondary N) is 2. The van der Waals surface area contributed by atoms with E-state index in [1.807, 2.05) is 7.05 Å². The third-order valence-electron chi connectivity index (χ3n) is 4.57. The Morgan fingerprint density at radius 1 is 1.19 bits per heavy atom. The van der Waals surface area contributed by atoms with E-state index >= 15 is 0 Å². The number of thioether (sulfide) groups is 1. The van der Waals surface area contributed by atoms with Crippen molar-refractivity contribution in [2.75, 3.05) is 44.7 Å². The van der Waals surface area contributed by atoms with Crippen LogP contribution in [0.25, 0.3) is 0 Å². The van der Waals surface area contributed by atoms with Crippen molar-refractivity contribution in [1.82, 2.24) is 15.5 Å². The molecule has 1 heterocycles. The molecule has 124 valence electrons. The molecule has 2 aliphatic rings. The second-order valence-electron chi connectivity index (χ2n) is 5.88. The highest BCUT2D eigenvalue weighted by molar-refractivity contribution is 14.0. The first-order valence-electron chi connectivity index (χ1n) is 8.08. The van der Waals surface area contributed by atoms with Crippen LogP contribution in [0.3, 0.4) is 0 Å². The predicted octanol–water partition coefficient (Wildman–Crippen LogP) is 2.54. The summed E-state index contributed by atoms with van der Waals surface area (Å²) >= 11 is 2.10. The maximum Gasteiger partial charge on any atom is 0.191 e. The van der Waals surface area contributed by atoms with Gasteiger partial charge in [0.15, 0.2) is 5.96 Å². The quantitative estimate of drug-likeness (QED) is 0.403. The lowest BCUT2D eigenvalue weighted by Gasteiger charge is -2.43. The Labute approximate surface area is 151 Å². The standard InChI is InChI=1S/C15H30N4S.HI/c1-3-8-17-14(16-2)18-13-15(6-4-5-7-15)19-9-11-20-12-10-19;/h3-13H2,1-2H3,(H2,16,17,18);1H. The van der Waals surface area contributed by atoms with Gasteiger partial charge in [-0.05, 0) is 19.3 Å². The SMILES string of the molecule is CCCNC(=NC)NCC1(N2CCSCC2)CCCC1.I. The minimum absolute atomic E-state index is 0. The lowest BCUT2D eigenvalue weighted by atomic mass is 9.94. The Morgan fingerprint density at radius 3 is 2.43 bits per heavy atom. The summed E-state index contributed by atoms with van der Waals surface area (Å²) in [6.45, 7) is 6.74. The van der Waals surface area contributed by atoms with Gasteiger partial charge >= 0.3 is 0 Å². The number of hydrogen-bond acceptors (Lipinski definition) is 3. The zero-order valence-electron chi connectivity index (χ0n) is 13.5. The van der Waals surface area contributed by atoms with Crippen molar-refractivity contribution in [2.45, 2.75) is 44.6 Å². The van der Waals surface area contributed by atoms with Gasteiger partial charge in [-0.15, -0.1) is 24.0 Å². The average Bonchev–Trinajstić information content (AvgIpc) is 2.98. The van der Waals surface area contributed by atoms with Crippen LogP contribution in [0.5, 0.6) is 0 Å². The van der Waals surface area contributed by atoms with Crippen LogP contribution in [-0.4, -0.2) is 61.1 Å². The Hall–Kier alpha value is 0.310. The van der Waals surface area contributed by atoms with Crippen LogP contribution in [-0.2, 0) is 0 Å². The lowest BCUT2D eigenvalue weighted by Crippen LogP contribution is -2.57. The Bertz CT molecular complexity index is 313. The van der Waals surface area contributed by atoms with Gasteiger partial charge in [0, 0.05) is 50.3 Å². The fourth-order valence-corrected chi connectivity index (χ4v) is 4.29. The molecule has 2 fully saturated rings. The van der Waals surface area contributed by atoms with E-state index in [1.165, 1.54) is 50.3 Å². The van der Waals surface area contributed by atoms with Gasteiger partial charge in [0.05, 0.1) is 0 Å². The summed E-state index contributed by atoms with van der Waals surface area (Å²) in [5.74, 6) is 3.55. The summed E-state index contributed by atoms with van der Waals surface area (Å²) in [4.78, 5) is 7.08. The highest BCUT2D eigenvalue weighted by Gasteiger charge is 2.39. The molecule has 2 N–H and O–H groups in total. The van der Waals surface area contributed by atoms with Crippen molar-refractivity contribution in [1.29, 1.82) is 0 Å². The Kier molecular flexibility index (Phi) is 9.36. The van der Waals surface area contributed by atoms with E-state index in [-0.39, 0.29) is 24.0 Å². The van der Waals surface area contributed by atoms with Crippen molar-refractivity contribution >= 4 is 41.7 Å². The van der Waals surface area contributed by atoms with Crippen molar-refractivity contribution in [3.63, 3.8) is 0 Å². The van der Waals surface area contributed by atoms with Crippen molar-refractivity contribution in [3.05, 3.63) is 0 Å². The number of rotatable bonds is 5. The highest BCUT2D eigenvalue weighted by Crippen LogP contribution is 2.36. The maximum absolute atomic E-state index is 4.33. The summed E-state index contributed by atoms with van der Waals surface area (Å²) in [7, 11) is 1.86. The molecule has 0 unspecified atom stereocenters. The summed E-state index contributed by atoms with van der Waals surface area (Å²) in [6, 6.07) is 0. The molecule has 21 heavy (non-hydrogen) atoms. The van der Waals surface area contributed by atoms with Gasteiger partial charge in [-0.3, -0.25) is 9.89 Å². The third kappa shape index (κ3) is 5.46. The molecule has 0 atom stereocenters. The van der Waals surface area contributed by atoms with Crippen LogP contribution in [0.2, 0.25) is 0 Å². The van der Waals surface area contributed by atoms with Crippen LogP contribution in [0.15, 0.2) is 4.99 Å². The van der Waals surface area contributed by atoms with Gasteiger partial charge in [0.2, 0.25) is 0 Å². The molecule has 0 aromatic rings. The van der Waals surface area contributed by atoms with E-state index < -0.39 is 0 Å². The van der Waals surface area contributed by atoms with E-state index in [0.717, 1.165) is 25.5 Å². The maximum atomic E-state index is 4.33. The number of aliphatic imine (C=N–C) groups is 1. The first kappa shape index (κ1) is 19.4. The Morgan fingerprint density at radius 2 is 1.86 bits per heavy atom. The molecule has 2 rings (SSSR count). The molecular formula is C15H31IN4S. The molecule has 6 heteroatoms. The molecule has 0 aromatic heterocycles. The molecule has 4 nitrogen and oxygen atoms in total. The molecule has 0 spiro atoms. The van der Waals surface area contributed by atoms with Gasteiger partial charge in [0.1, 0.15) is 0 Å². The monoisotopic (exact) mass is 426 g/mol. The predicted molar refractivity (Wildman–Crippen MR) is 105 cm³/mol. The normalized spacial score (nSPS) is 22.7. The number of nitrogens with zero attached hydrogens (tertiary/aromatic N) is 2. The molecule has 0 radical (unpaired) electrons. The molecule has 1 saturated heterocycles. The van der Waals surface area contributed by atoms with Crippen LogP contribution in [0.4, 0.5) is 0 Å². The van der Waals surface area contributed by atoms with Gasteiger partial charge in [-0.2, -0.15) is 11.8 Å². The van der Waals surface area contributed by atoms with E-state index in [4.69, 9.17) is 0 Å². The van der Waals surface area contributed by atoms with Crippen LogP contribution in [0, 0.1) is 0 Å². The first-order chi connectivity index (χ1) is 9.80. The zero-order valence-corrected chi connectivity index (χ0v) is 16.6. The topological polar surface area (TPSA) is 39.7 Å². The minimum Gasteiger partial charge on any atom is -0.356 e. The van der Waals surface area contributed by atoms with Gasteiger partial charge in [-0.25, -0.2) is 0 Å². The van der Waals surface area contributed by atoms with Crippen LogP contribution < -0.4 is 10.6 Å². The average molecular weight is 426 g/mol. The van der Waals surface area contributed by atoms with E-state index in [0.29, 0.717) is 5.54 Å². The molecule has 0 bridgehead atoms. The van der Waals surface area contributed by atoms with E-state index in [9.17, 15) is 0 Å². The van der Waals surface area contributed by atoms with E-state index in [2.05, 4.69) is 39.2 Å². The molecular weight excluding hydrogens is 395 g/mol. The van der Waals surface area contributed by atoms with Crippen molar-refractivity contribution < 1.29 is 0 Å². The van der Waals surface area contributed by atoms with Crippen molar-refractivity contribution in [3.8, 4) is 0 Å². The minimum atomic E-state index is 0. The molecule has 1 aliphatic carbocycles. The van der Waals surface area contributed by atoms with Gasteiger partial charge in [-0.1, -0.05) is 19.8 Å². The zero-order chi connectivity index (χ0) is 14.3.